The number of unbranched alkanes of at least 4 members (excludes halogenated alkanes) is 35. The second-order valence-corrected chi connectivity index (χ2v) is 20.3. The Morgan fingerprint density at radius 3 is 0.905 bits per heavy atom. The molecule has 374 valence electrons. The average molecular weight is 892 g/mol. The maximum Gasteiger partial charge on any atom is 0.306 e. The van der Waals surface area contributed by atoms with E-state index in [0.717, 1.165) is 69.6 Å². The van der Waals surface area contributed by atoms with Gasteiger partial charge in [0.05, 0.1) is 0 Å². The Bertz CT molecular complexity index is 964. The zero-order chi connectivity index (χ0) is 46.1. The number of carbonyl (C=O) groups is 3. The molecule has 0 aliphatic rings. The van der Waals surface area contributed by atoms with E-state index in [0.29, 0.717) is 19.3 Å². The second kappa shape index (κ2) is 49.8. The largest absolute Gasteiger partial charge is 0.462 e. The molecular weight excluding hydrogens is 781 g/mol. The van der Waals surface area contributed by atoms with Gasteiger partial charge in [-0.1, -0.05) is 279 Å². The third-order valence-corrected chi connectivity index (χ3v) is 13.3. The predicted molar refractivity (Wildman–Crippen MR) is 270 cm³/mol. The summed E-state index contributed by atoms with van der Waals surface area (Å²) in [6.45, 7) is 11.4. The van der Waals surface area contributed by atoms with Crippen LogP contribution in [0.1, 0.15) is 317 Å². The molecule has 0 amide bonds. The van der Waals surface area contributed by atoms with Gasteiger partial charge in [-0.3, -0.25) is 14.4 Å². The second-order valence-electron chi connectivity index (χ2n) is 20.3. The monoisotopic (exact) mass is 891 g/mol. The van der Waals surface area contributed by atoms with Crippen molar-refractivity contribution >= 4 is 17.9 Å². The fourth-order valence-electron chi connectivity index (χ4n) is 8.66. The van der Waals surface area contributed by atoms with Gasteiger partial charge in [0.15, 0.2) is 6.10 Å². The molecule has 6 heteroatoms. The van der Waals surface area contributed by atoms with Gasteiger partial charge in [-0.25, -0.2) is 0 Å². The predicted octanol–water partition coefficient (Wildman–Crippen LogP) is 18.5. The van der Waals surface area contributed by atoms with Gasteiger partial charge in [-0.2, -0.15) is 0 Å². The summed E-state index contributed by atoms with van der Waals surface area (Å²) in [6, 6.07) is 0. The summed E-state index contributed by atoms with van der Waals surface area (Å²) in [6.07, 6.45) is 52.3. The molecular formula is C57H110O6. The number of hydrogen-bond acceptors (Lipinski definition) is 6. The molecule has 0 radical (unpaired) electrons. The van der Waals surface area contributed by atoms with Crippen LogP contribution in [0.4, 0.5) is 0 Å². The maximum absolute atomic E-state index is 12.8. The van der Waals surface area contributed by atoms with Crippen LogP contribution in [0.3, 0.4) is 0 Å². The first-order valence-corrected chi connectivity index (χ1v) is 28.3. The van der Waals surface area contributed by atoms with Crippen LogP contribution < -0.4 is 0 Å². The first-order chi connectivity index (χ1) is 30.8. The van der Waals surface area contributed by atoms with Gasteiger partial charge < -0.3 is 14.2 Å². The van der Waals surface area contributed by atoms with Gasteiger partial charge in [0.25, 0.3) is 0 Å². The summed E-state index contributed by atoms with van der Waals surface area (Å²) in [7, 11) is 0. The zero-order valence-electron chi connectivity index (χ0n) is 43.2. The molecule has 0 aromatic rings. The highest BCUT2D eigenvalue weighted by Gasteiger charge is 2.19. The molecule has 0 N–H and O–H groups in total. The molecule has 0 aliphatic heterocycles. The van der Waals surface area contributed by atoms with Gasteiger partial charge in [0.1, 0.15) is 13.2 Å². The van der Waals surface area contributed by atoms with Crippen molar-refractivity contribution in [2.24, 2.45) is 11.8 Å². The third-order valence-electron chi connectivity index (χ3n) is 13.3. The van der Waals surface area contributed by atoms with E-state index < -0.39 is 6.10 Å². The molecule has 0 aliphatic carbocycles. The van der Waals surface area contributed by atoms with Crippen LogP contribution in [-0.4, -0.2) is 37.2 Å². The quantitative estimate of drug-likeness (QED) is 0.0344. The molecule has 2 atom stereocenters. The van der Waals surface area contributed by atoms with Gasteiger partial charge in [-0.05, 0) is 31.1 Å². The van der Waals surface area contributed by atoms with E-state index in [2.05, 4.69) is 34.6 Å². The lowest BCUT2D eigenvalue weighted by molar-refractivity contribution is -0.167. The highest BCUT2D eigenvalue weighted by atomic mass is 16.6. The van der Waals surface area contributed by atoms with Crippen LogP contribution in [0.15, 0.2) is 0 Å². The minimum absolute atomic E-state index is 0.0631. The molecule has 0 bridgehead atoms. The van der Waals surface area contributed by atoms with Crippen molar-refractivity contribution in [1.29, 1.82) is 0 Å². The SMILES string of the molecule is CCCCCCCCCCCCCCCCCCCC(=O)OC[C@H](COC(=O)CCCCCCCCCCCCCC(C)C)OC(=O)CCCCCCCCCCCCC(C)CC. The summed E-state index contributed by atoms with van der Waals surface area (Å²) in [5.41, 5.74) is 0. The lowest BCUT2D eigenvalue weighted by Gasteiger charge is -2.18. The molecule has 0 aromatic heterocycles. The van der Waals surface area contributed by atoms with Crippen LogP contribution in [0.25, 0.3) is 0 Å². The molecule has 63 heavy (non-hydrogen) atoms. The Morgan fingerprint density at radius 2 is 0.603 bits per heavy atom. The Balaban J connectivity index is 4.30. The first kappa shape index (κ1) is 61.4. The van der Waals surface area contributed by atoms with Gasteiger partial charge in [-0.15, -0.1) is 0 Å². The highest BCUT2D eigenvalue weighted by molar-refractivity contribution is 5.71. The minimum Gasteiger partial charge on any atom is -0.462 e. The number of hydrogen-bond donors (Lipinski definition) is 0. The Kier molecular flexibility index (Phi) is 48.6. The van der Waals surface area contributed by atoms with Crippen molar-refractivity contribution in [2.45, 2.75) is 323 Å². The lowest BCUT2D eigenvalue weighted by atomic mass is 9.99. The molecule has 6 nitrogen and oxygen atoms in total. The van der Waals surface area contributed by atoms with E-state index in [1.54, 1.807) is 0 Å². The summed E-state index contributed by atoms with van der Waals surface area (Å²) in [4.78, 5) is 38.1. The first-order valence-electron chi connectivity index (χ1n) is 28.3. The standard InChI is InChI=1S/C57H110O6/c1-6-8-9-10-11-12-13-14-15-16-17-18-21-27-32-37-42-47-55(58)61-50-54(63-57(60)49-44-39-34-29-24-23-26-31-36-41-46-53(5)7-2)51-62-56(59)48-43-38-33-28-22-19-20-25-30-35-40-45-52(3)4/h52-54H,6-51H2,1-5H3/t53?,54-/m1/s1. The van der Waals surface area contributed by atoms with Gasteiger partial charge in [0, 0.05) is 19.3 Å². The number of rotatable bonds is 51. The molecule has 1 unspecified atom stereocenters. The third kappa shape index (κ3) is 49.7. The molecule has 0 rings (SSSR count). The Morgan fingerprint density at radius 1 is 0.333 bits per heavy atom. The van der Waals surface area contributed by atoms with E-state index >= 15 is 0 Å². The lowest BCUT2D eigenvalue weighted by Crippen LogP contribution is -2.30. The molecule has 0 aromatic carbocycles. The smallest absolute Gasteiger partial charge is 0.306 e. The Hall–Kier alpha value is -1.59. The van der Waals surface area contributed by atoms with Crippen molar-refractivity contribution < 1.29 is 28.6 Å². The van der Waals surface area contributed by atoms with E-state index in [-0.39, 0.29) is 31.1 Å². The maximum atomic E-state index is 12.8. The molecule has 0 heterocycles. The number of carbonyl (C=O) groups excluding carboxylic acids is 3. The van der Waals surface area contributed by atoms with Gasteiger partial charge >= 0.3 is 17.9 Å². The molecule has 0 spiro atoms. The zero-order valence-corrected chi connectivity index (χ0v) is 43.2. The highest BCUT2D eigenvalue weighted by Crippen LogP contribution is 2.18. The van der Waals surface area contributed by atoms with Crippen molar-refractivity contribution in [1.82, 2.24) is 0 Å². The van der Waals surface area contributed by atoms with E-state index in [1.807, 2.05) is 0 Å². The van der Waals surface area contributed by atoms with Crippen molar-refractivity contribution in [3.05, 3.63) is 0 Å². The van der Waals surface area contributed by atoms with Gasteiger partial charge in [0.2, 0.25) is 0 Å². The van der Waals surface area contributed by atoms with Crippen molar-refractivity contribution in [2.75, 3.05) is 13.2 Å². The topological polar surface area (TPSA) is 78.9 Å². The van der Waals surface area contributed by atoms with Crippen LogP contribution in [0.2, 0.25) is 0 Å². The van der Waals surface area contributed by atoms with Crippen LogP contribution in [0.5, 0.6) is 0 Å². The summed E-state index contributed by atoms with van der Waals surface area (Å²) < 4.78 is 16.9. The van der Waals surface area contributed by atoms with Crippen molar-refractivity contribution in [3.63, 3.8) is 0 Å². The number of esters is 3. The van der Waals surface area contributed by atoms with Crippen molar-refractivity contribution in [3.8, 4) is 0 Å². The molecule has 0 fully saturated rings. The normalized spacial score (nSPS) is 12.5. The minimum atomic E-state index is -0.763. The molecule has 0 saturated carbocycles. The summed E-state index contributed by atoms with van der Waals surface area (Å²) in [5.74, 6) is 0.852. The van der Waals surface area contributed by atoms with Crippen LogP contribution in [0, 0.1) is 11.8 Å². The fourth-order valence-corrected chi connectivity index (χ4v) is 8.66. The van der Waals surface area contributed by atoms with E-state index in [4.69, 9.17) is 14.2 Å². The summed E-state index contributed by atoms with van der Waals surface area (Å²) >= 11 is 0. The van der Waals surface area contributed by atoms with E-state index in [9.17, 15) is 14.4 Å². The average Bonchev–Trinajstić information content (AvgIpc) is 3.27. The fraction of sp³-hybridized carbons (Fsp3) is 0.947. The molecule has 0 saturated heterocycles. The van der Waals surface area contributed by atoms with Crippen LogP contribution in [-0.2, 0) is 28.6 Å². The number of ether oxygens (including phenoxy) is 3. The van der Waals surface area contributed by atoms with E-state index in [1.165, 1.54) is 205 Å². The summed E-state index contributed by atoms with van der Waals surface area (Å²) in [5, 5.41) is 0. The Labute approximate surface area is 393 Å². The van der Waals surface area contributed by atoms with Crippen LogP contribution >= 0.6 is 0 Å².